The lowest BCUT2D eigenvalue weighted by Crippen LogP contribution is -2.35. The van der Waals surface area contributed by atoms with E-state index in [-0.39, 0.29) is 11.8 Å². The molecule has 0 unspecified atom stereocenters. The summed E-state index contributed by atoms with van der Waals surface area (Å²) < 4.78 is 18.8. The first kappa shape index (κ1) is 18.9. The lowest BCUT2D eigenvalue weighted by atomic mass is 9.85. The van der Waals surface area contributed by atoms with Crippen LogP contribution in [0.15, 0.2) is 36.4 Å². The molecule has 0 bridgehead atoms. The molecule has 25 heavy (non-hydrogen) atoms. The highest BCUT2D eigenvalue weighted by molar-refractivity contribution is 5.77. The van der Waals surface area contributed by atoms with Crippen molar-refractivity contribution in [2.75, 3.05) is 5.73 Å². The summed E-state index contributed by atoms with van der Waals surface area (Å²) in [4.78, 5) is 16.5. The van der Waals surface area contributed by atoms with Crippen LogP contribution in [0.2, 0.25) is 0 Å². The summed E-state index contributed by atoms with van der Waals surface area (Å²) in [6.45, 7) is 9.29. The molecule has 2 rings (SSSR count). The van der Waals surface area contributed by atoms with Crippen LogP contribution in [0, 0.1) is 11.2 Å². The molecule has 1 aromatic heterocycles. The van der Waals surface area contributed by atoms with Crippen LogP contribution in [0.1, 0.15) is 40.2 Å². The third kappa shape index (κ3) is 5.02. The number of hydrogen-bond acceptors (Lipinski definition) is 4. The van der Waals surface area contributed by atoms with Gasteiger partial charge in [-0.2, -0.15) is 0 Å². The van der Waals surface area contributed by atoms with Gasteiger partial charge < -0.3 is 10.5 Å². The van der Waals surface area contributed by atoms with E-state index in [4.69, 9.17) is 10.5 Å². The Morgan fingerprint density at radius 2 is 1.84 bits per heavy atom. The predicted molar refractivity (Wildman–Crippen MR) is 97.4 cm³/mol. The van der Waals surface area contributed by atoms with Gasteiger partial charge in [-0.25, -0.2) is 9.37 Å². The van der Waals surface area contributed by atoms with Crippen molar-refractivity contribution in [3.8, 4) is 11.3 Å². The number of pyridine rings is 1. The van der Waals surface area contributed by atoms with Gasteiger partial charge in [-0.05, 0) is 64.8 Å². The van der Waals surface area contributed by atoms with Gasteiger partial charge in [-0.3, -0.25) is 4.79 Å². The van der Waals surface area contributed by atoms with Crippen LogP contribution in [-0.2, 0) is 16.0 Å². The van der Waals surface area contributed by atoms with Gasteiger partial charge in [0.2, 0.25) is 0 Å². The van der Waals surface area contributed by atoms with E-state index in [0.717, 1.165) is 11.1 Å². The second kappa shape index (κ2) is 6.82. The minimum Gasteiger partial charge on any atom is -0.460 e. The Kier molecular flexibility index (Phi) is 5.16. The van der Waals surface area contributed by atoms with Gasteiger partial charge >= 0.3 is 5.97 Å². The molecule has 4 nitrogen and oxygen atoms in total. The highest BCUT2D eigenvalue weighted by Crippen LogP contribution is 2.28. The summed E-state index contributed by atoms with van der Waals surface area (Å²) in [6.07, 6.45) is 0.520. The molecule has 0 amide bonds. The van der Waals surface area contributed by atoms with Crippen molar-refractivity contribution in [2.45, 2.75) is 46.6 Å². The normalized spacial score (nSPS) is 12.1. The number of benzene rings is 1. The van der Waals surface area contributed by atoms with Crippen LogP contribution in [-0.4, -0.2) is 16.6 Å². The maximum absolute atomic E-state index is 13.3. The van der Waals surface area contributed by atoms with Crippen molar-refractivity contribution in [3.05, 3.63) is 47.8 Å². The molecule has 2 N–H and O–H groups in total. The van der Waals surface area contributed by atoms with Crippen LogP contribution in [0.25, 0.3) is 11.3 Å². The second-order valence-electron chi connectivity index (χ2n) is 7.83. The summed E-state index contributed by atoms with van der Waals surface area (Å²) in [5.74, 6) is -0.905. The first-order valence-electron chi connectivity index (χ1n) is 8.23. The summed E-state index contributed by atoms with van der Waals surface area (Å²) in [5, 5.41) is 0. The Hall–Kier alpha value is -2.43. The molecule has 1 aromatic carbocycles. The number of nitrogens with two attached hydrogens (primary N) is 1. The summed E-state index contributed by atoms with van der Waals surface area (Å²) in [6, 6.07) is 10.5. The van der Waals surface area contributed by atoms with Crippen LogP contribution in [0.3, 0.4) is 0 Å². The number of nitrogens with zero attached hydrogens (tertiary/aromatic N) is 1. The van der Waals surface area contributed by atoms with Crippen molar-refractivity contribution in [1.82, 2.24) is 4.98 Å². The Morgan fingerprint density at radius 3 is 2.44 bits per heavy atom. The molecule has 0 aliphatic rings. The van der Waals surface area contributed by atoms with Crippen LogP contribution >= 0.6 is 0 Å². The number of nitrogen functional groups attached to an aromatic ring is 1. The third-order valence-corrected chi connectivity index (χ3v) is 3.69. The number of halogens is 1. The summed E-state index contributed by atoms with van der Waals surface area (Å²) in [7, 11) is 0. The number of carbonyl (C=O) groups is 1. The molecule has 0 aliphatic carbocycles. The molecule has 0 spiro atoms. The zero-order valence-electron chi connectivity index (χ0n) is 15.4. The fraction of sp³-hybridized carbons (Fsp3) is 0.400. The molecule has 0 saturated carbocycles. The van der Waals surface area contributed by atoms with Gasteiger partial charge in [0.25, 0.3) is 0 Å². The highest BCUT2D eigenvalue weighted by Gasteiger charge is 2.32. The molecule has 0 atom stereocenters. The molecule has 0 fully saturated rings. The lowest BCUT2D eigenvalue weighted by Gasteiger charge is -2.28. The standard InChI is InChI=1S/C20H25FN2O2/c1-19(2,3)25-18(24)20(4,5)12-13-7-6-8-14(11-13)16-10-9-15(21)17(22)23-16/h6-11H,12H2,1-5H3,(H2,22,23). The number of aromatic nitrogens is 1. The predicted octanol–water partition coefficient (Wildman–Crippen LogP) is 4.38. The van der Waals surface area contributed by atoms with E-state index >= 15 is 0 Å². The molecule has 0 aliphatic heterocycles. The van der Waals surface area contributed by atoms with E-state index < -0.39 is 16.8 Å². The Balaban J connectivity index is 2.23. The topological polar surface area (TPSA) is 65.2 Å². The molecular formula is C20H25FN2O2. The summed E-state index contributed by atoms with van der Waals surface area (Å²) >= 11 is 0. The smallest absolute Gasteiger partial charge is 0.312 e. The van der Waals surface area contributed by atoms with Crippen molar-refractivity contribution < 1.29 is 13.9 Å². The number of esters is 1. The molecule has 0 saturated heterocycles. The monoisotopic (exact) mass is 344 g/mol. The zero-order valence-corrected chi connectivity index (χ0v) is 15.4. The average molecular weight is 344 g/mol. The van der Waals surface area contributed by atoms with Crippen LogP contribution < -0.4 is 5.73 Å². The number of rotatable bonds is 4. The summed E-state index contributed by atoms with van der Waals surface area (Å²) in [5.41, 5.74) is 6.75. The molecule has 134 valence electrons. The van der Waals surface area contributed by atoms with Crippen molar-refractivity contribution in [3.63, 3.8) is 0 Å². The number of ether oxygens (including phenoxy) is 1. The van der Waals surface area contributed by atoms with E-state index in [2.05, 4.69) is 4.98 Å². The average Bonchev–Trinajstić information content (AvgIpc) is 2.48. The van der Waals surface area contributed by atoms with E-state index in [0.29, 0.717) is 12.1 Å². The second-order valence-corrected chi connectivity index (χ2v) is 7.83. The van der Waals surface area contributed by atoms with Crippen molar-refractivity contribution in [2.24, 2.45) is 5.41 Å². The maximum Gasteiger partial charge on any atom is 0.312 e. The number of hydrogen-bond donors (Lipinski definition) is 1. The maximum atomic E-state index is 13.3. The van der Waals surface area contributed by atoms with E-state index in [1.54, 1.807) is 6.07 Å². The Morgan fingerprint density at radius 1 is 1.16 bits per heavy atom. The Bertz CT molecular complexity index is 780. The van der Waals surface area contributed by atoms with Gasteiger partial charge in [0.1, 0.15) is 5.60 Å². The van der Waals surface area contributed by atoms with Gasteiger partial charge in [-0.15, -0.1) is 0 Å². The van der Waals surface area contributed by atoms with Crippen molar-refractivity contribution in [1.29, 1.82) is 0 Å². The van der Waals surface area contributed by atoms with E-state index in [9.17, 15) is 9.18 Å². The van der Waals surface area contributed by atoms with Crippen molar-refractivity contribution >= 4 is 11.8 Å². The number of anilines is 1. The van der Waals surface area contributed by atoms with Gasteiger partial charge in [0.15, 0.2) is 11.6 Å². The van der Waals surface area contributed by atoms with Gasteiger partial charge in [0, 0.05) is 5.56 Å². The highest BCUT2D eigenvalue weighted by atomic mass is 19.1. The largest absolute Gasteiger partial charge is 0.460 e. The molecule has 1 heterocycles. The Labute approximate surface area is 148 Å². The number of carbonyl (C=O) groups excluding carboxylic acids is 1. The zero-order chi connectivity index (χ0) is 18.8. The molecule has 5 heteroatoms. The van der Waals surface area contributed by atoms with E-state index in [1.807, 2.05) is 58.9 Å². The minimum atomic E-state index is -0.666. The quantitative estimate of drug-likeness (QED) is 0.836. The first-order chi connectivity index (χ1) is 11.5. The SMILES string of the molecule is CC(C)(C)OC(=O)C(C)(C)Cc1cccc(-c2ccc(F)c(N)n2)c1. The molecule has 0 radical (unpaired) electrons. The molecular weight excluding hydrogens is 319 g/mol. The van der Waals surface area contributed by atoms with Gasteiger partial charge in [0.05, 0.1) is 11.1 Å². The van der Waals surface area contributed by atoms with E-state index in [1.165, 1.54) is 6.07 Å². The third-order valence-electron chi connectivity index (χ3n) is 3.69. The lowest BCUT2D eigenvalue weighted by molar-refractivity contribution is -0.165. The fourth-order valence-corrected chi connectivity index (χ4v) is 2.46. The fourth-order valence-electron chi connectivity index (χ4n) is 2.46. The first-order valence-corrected chi connectivity index (χ1v) is 8.23. The molecule has 2 aromatic rings. The van der Waals surface area contributed by atoms with Crippen LogP contribution in [0.5, 0.6) is 0 Å². The minimum absolute atomic E-state index is 0.128. The van der Waals surface area contributed by atoms with Gasteiger partial charge in [-0.1, -0.05) is 18.2 Å². The van der Waals surface area contributed by atoms with Crippen LogP contribution in [0.4, 0.5) is 10.2 Å².